The molecule has 86 valence electrons. The predicted molar refractivity (Wildman–Crippen MR) is 61.6 cm³/mol. The van der Waals surface area contributed by atoms with E-state index in [1.54, 1.807) is 11.8 Å². The van der Waals surface area contributed by atoms with Gasteiger partial charge in [0.25, 0.3) is 0 Å². The highest BCUT2D eigenvalue weighted by Gasteiger charge is 2.19. The first-order chi connectivity index (χ1) is 7.20. The molecule has 1 atom stereocenters. The third-order valence-corrected chi connectivity index (χ3v) is 2.70. The number of rotatable bonds is 6. The van der Waals surface area contributed by atoms with E-state index in [4.69, 9.17) is 4.74 Å². The Morgan fingerprint density at radius 2 is 2.33 bits per heavy atom. The number of aryl methyl sites for hydroxylation is 1. The lowest BCUT2D eigenvalue weighted by molar-refractivity contribution is 0.163. The first-order valence-corrected chi connectivity index (χ1v) is 5.77. The van der Waals surface area contributed by atoms with E-state index < -0.39 is 0 Å². The Balaban J connectivity index is 2.78. The minimum atomic E-state index is 0.129. The average molecular weight is 277 g/mol. The fourth-order valence-corrected chi connectivity index (χ4v) is 2.03. The second-order valence-electron chi connectivity index (χ2n) is 3.35. The molecular weight excluding hydrogens is 260 g/mol. The summed E-state index contributed by atoms with van der Waals surface area (Å²) in [5.41, 5.74) is 1.02. The molecule has 0 aliphatic carbocycles. The Morgan fingerprint density at radius 3 is 2.80 bits per heavy atom. The summed E-state index contributed by atoms with van der Waals surface area (Å²) >= 11 is 3.39. The quantitative estimate of drug-likeness (QED) is 0.850. The minimum Gasteiger partial charge on any atom is -0.383 e. The third kappa shape index (κ3) is 3.25. The Bertz CT molecular complexity index is 283. The zero-order valence-corrected chi connectivity index (χ0v) is 10.9. The SMILES string of the molecule is CCCNC(COC)c1c(Br)nnn1C. The maximum absolute atomic E-state index is 5.18. The summed E-state index contributed by atoms with van der Waals surface area (Å²) in [7, 11) is 3.57. The lowest BCUT2D eigenvalue weighted by Gasteiger charge is -2.17. The fraction of sp³-hybridized carbons (Fsp3) is 0.778. The van der Waals surface area contributed by atoms with E-state index in [1.807, 2.05) is 7.05 Å². The zero-order valence-electron chi connectivity index (χ0n) is 9.33. The lowest BCUT2D eigenvalue weighted by Crippen LogP contribution is -2.28. The average Bonchev–Trinajstić information content (AvgIpc) is 2.54. The van der Waals surface area contributed by atoms with Crippen molar-refractivity contribution >= 4 is 15.9 Å². The van der Waals surface area contributed by atoms with E-state index in [9.17, 15) is 0 Å². The van der Waals surface area contributed by atoms with Crippen LogP contribution < -0.4 is 5.32 Å². The third-order valence-electron chi connectivity index (χ3n) is 2.13. The van der Waals surface area contributed by atoms with E-state index in [0.717, 1.165) is 23.3 Å². The van der Waals surface area contributed by atoms with Gasteiger partial charge in [-0.3, -0.25) is 0 Å². The van der Waals surface area contributed by atoms with Gasteiger partial charge in [-0.05, 0) is 28.9 Å². The van der Waals surface area contributed by atoms with E-state index in [1.165, 1.54) is 0 Å². The molecular formula is C9H17BrN4O. The van der Waals surface area contributed by atoms with Gasteiger partial charge in [0, 0.05) is 14.2 Å². The maximum atomic E-state index is 5.18. The van der Waals surface area contributed by atoms with E-state index >= 15 is 0 Å². The highest BCUT2D eigenvalue weighted by molar-refractivity contribution is 9.10. The standard InChI is InChI=1S/C9H17BrN4O/c1-4-5-11-7(6-15-3)8-9(10)12-13-14(8)2/h7,11H,4-6H2,1-3H3. The van der Waals surface area contributed by atoms with E-state index in [2.05, 4.69) is 38.5 Å². The van der Waals surface area contributed by atoms with Gasteiger partial charge in [-0.25, -0.2) is 4.68 Å². The van der Waals surface area contributed by atoms with Gasteiger partial charge in [-0.2, -0.15) is 0 Å². The number of ether oxygens (including phenoxy) is 1. The fourth-order valence-electron chi connectivity index (χ4n) is 1.43. The van der Waals surface area contributed by atoms with Crippen LogP contribution >= 0.6 is 15.9 Å². The van der Waals surface area contributed by atoms with Crippen LogP contribution in [0.25, 0.3) is 0 Å². The van der Waals surface area contributed by atoms with Crippen LogP contribution in [0.3, 0.4) is 0 Å². The van der Waals surface area contributed by atoms with Crippen LogP contribution in [0.1, 0.15) is 25.1 Å². The van der Waals surface area contributed by atoms with Crippen molar-refractivity contribution in [3.8, 4) is 0 Å². The van der Waals surface area contributed by atoms with Crippen LogP contribution in [0.5, 0.6) is 0 Å². The Kier molecular flexibility index (Phi) is 5.21. The molecule has 0 saturated carbocycles. The van der Waals surface area contributed by atoms with Crippen LogP contribution in [-0.4, -0.2) is 35.3 Å². The molecule has 0 bridgehead atoms. The first-order valence-electron chi connectivity index (χ1n) is 4.98. The molecule has 0 saturated heterocycles. The molecule has 1 unspecified atom stereocenters. The van der Waals surface area contributed by atoms with Gasteiger partial charge < -0.3 is 10.1 Å². The van der Waals surface area contributed by atoms with E-state index in [-0.39, 0.29) is 6.04 Å². The zero-order chi connectivity index (χ0) is 11.3. The van der Waals surface area contributed by atoms with Crippen molar-refractivity contribution in [2.24, 2.45) is 7.05 Å². The molecule has 1 aromatic heterocycles. The number of nitrogens with zero attached hydrogens (tertiary/aromatic N) is 3. The summed E-state index contributed by atoms with van der Waals surface area (Å²) in [4.78, 5) is 0. The number of hydrogen-bond acceptors (Lipinski definition) is 4. The molecule has 0 spiro atoms. The molecule has 1 rings (SSSR count). The van der Waals surface area contributed by atoms with Gasteiger partial charge in [-0.1, -0.05) is 12.1 Å². The van der Waals surface area contributed by atoms with Crippen LogP contribution in [0.15, 0.2) is 4.60 Å². The maximum Gasteiger partial charge on any atom is 0.153 e. The topological polar surface area (TPSA) is 52.0 Å². The number of methoxy groups -OCH3 is 1. The molecule has 0 amide bonds. The Labute approximate surface area is 98.3 Å². The molecule has 0 aromatic carbocycles. The monoisotopic (exact) mass is 276 g/mol. The van der Waals surface area contributed by atoms with Crippen molar-refractivity contribution in [1.82, 2.24) is 20.3 Å². The van der Waals surface area contributed by atoms with Crippen LogP contribution in [-0.2, 0) is 11.8 Å². The molecule has 0 fully saturated rings. The normalized spacial score (nSPS) is 13.1. The molecule has 5 nitrogen and oxygen atoms in total. The van der Waals surface area contributed by atoms with Gasteiger partial charge in [0.05, 0.1) is 18.3 Å². The second kappa shape index (κ2) is 6.19. The molecule has 15 heavy (non-hydrogen) atoms. The highest BCUT2D eigenvalue weighted by atomic mass is 79.9. The highest BCUT2D eigenvalue weighted by Crippen LogP contribution is 2.20. The summed E-state index contributed by atoms with van der Waals surface area (Å²) in [6, 6.07) is 0.129. The van der Waals surface area contributed by atoms with Crippen molar-refractivity contribution in [1.29, 1.82) is 0 Å². The summed E-state index contributed by atoms with van der Waals surface area (Å²) < 4.78 is 7.72. The number of nitrogens with one attached hydrogen (secondary N) is 1. The summed E-state index contributed by atoms with van der Waals surface area (Å²) in [6.45, 7) is 3.69. The van der Waals surface area contributed by atoms with Crippen LogP contribution in [0, 0.1) is 0 Å². The molecule has 0 radical (unpaired) electrons. The van der Waals surface area contributed by atoms with Crippen LogP contribution in [0.4, 0.5) is 0 Å². The van der Waals surface area contributed by atoms with Gasteiger partial charge >= 0.3 is 0 Å². The minimum absolute atomic E-state index is 0.129. The number of aromatic nitrogens is 3. The van der Waals surface area contributed by atoms with Gasteiger partial charge in [0.15, 0.2) is 4.60 Å². The molecule has 1 N–H and O–H groups in total. The predicted octanol–water partition coefficient (Wildman–Crippen LogP) is 1.26. The van der Waals surface area contributed by atoms with Crippen molar-refractivity contribution in [2.45, 2.75) is 19.4 Å². The molecule has 1 heterocycles. The second-order valence-corrected chi connectivity index (χ2v) is 4.10. The van der Waals surface area contributed by atoms with Gasteiger partial charge in [-0.15, -0.1) is 5.10 Å². The molecule has 0 aliphatic heterocycles. The Hall–Kier alpha value is -0.460. The smallest absolute Gasteiger partial charge is 0.153 e. The van der Waals surface area contributed by atoms with Crippen molar-refractivity contribution < 1.29 is 4.74 Å². The molecule has 1 aromatic rings. The summed E-state index contributed by atoms with van der Waals surface area (Å²) in [5.74, 6) is 0. The molecule has 6 heteroatoms. The van der Waals surface area contributed by atoms with Crippen molar-refractivity contribution in [3.05, 3.63) is 10.3 Å². The number of hydrogen-bond donors (Lipinski definition) is 1. The van der Waals surface area contributed by atoms with Crippen molar-refractivity contribution in [3.63, 3.8) is 0 Å². The van der Waals surface area contributed by atoms with E-state index in [0.29, 0.717) is 6.61 Å². The lowest BCUT2D eigenvalue weighted by atomic mass is 10.2. The first kappa shape index (κ1) is 12.6. The van der Waals surface area contributed by atoms with Crippen LogP contribution in [0.2, 0.25) is 0 Å². The summed E-state index contributed by atoms with van der Waals surface area (Å²) in [5, 5.41) is 11.3. The Morgan fingerprint density at radius 1 is 1.60 bits per heavy atom. The summed E-state index contributed by atoms with van der Waals surface area (Å²) in [6.07, 6.45) is 1.09. The number of halogens is 1. The molecule has 0 aliphatic rings. The van der Waals surface area contributed by atoms with Gasteiger partial charge in [0.2, 0.25) is 0 Å². The largest absolute Gasteiger partial charge is 0.383 e. The van der Waals surface area contributed by atoms with Gasteiger partial charge in [0.1, 0.15) is 0 Å². The van der Waals surface area contributed by atoms with Crippen molar-refractivity contribution in [2.75, 3.05) is 20.3 Å².